The van der Waals surface area contributed by atoms with Gasteiger partial charge in [0.1, 0.15) is 0 Å². The molecule has 2 saturated carbocycles. The van der Waals surface area contributed by atoms with Crippen LogP contribution in [0.5, 0.6) is 5.75 Å². The van der Waals surface area contributed by atoms with Gasteiger partial charge in [-0.3, -0.25) is 4.90 Å². The maximum Gasteiger partial charge on any atom is 0.387 e. The molecule has 4 N–H and O–H groups in total. The number of fused-ring (bicyclic) bond motifs is 1. The van der Waals surface area contributed by atoms with Gasteiger partial charge in [-0.15, -0.1) is 0 Å². The number of nitrogens with zero attached hydrogens (tertiary/aromatic N) is 2. The molecule has 0 aromatic carbocycles. The number of nitrogens with two attached hydrogens (primary N) is 1. The van der Waals surface area contributed by atoms with Gasteiger partial charge in [0.05, 0.1) is 11.8 Å². The highest BCUT2D eigenvalue weighted by atomic mass is 19.3. The van der Waals surface area contributed by atoms with Gasteiger partial charge in [0.2, 0.25) is 0 Å². The summed E-state index contributed by atoms with van der Waals surface area (Å²) in [7, 11) is 1.79. The van der Waals surface area contributed by atoms with E-state index in [-0.39, 0.29) is 23.3 Å². The van der Waals surface area contributed by atoms with Crippen molar-refractivity contribution in [1.82, 2.24) is 15.2 Å². The Morgan fingerprint density at radius 1 is 1.34 bits per heavy atom. The first-order valence-electron chi connectivity index (χ1n) is 11.3. The average molecular weight is 450 g/mol. The van der Waals surface area contributed by atoms with Crippen LogP contribution in [-0.4, -0.2) is 60.6 Å². The molecule has 1 aromatic rings. The van der Waals surface area contributed by atoms with Crippen molar-refractivity contribution in [2.24, 2.45) is 17.8 Å². The van der Waals surface area contributed by atoms with Gasteiger partial charge in [0, 0.05) is 55.7 Å². The number of nitrogen functional groups attached to an aromatic ring is 1. The number of allylic oxidation sites excluding steroid dienone is 2. The van der Waals surface area contributed by atoms with Crippen LogP contribution in [0.25, 0.3) is 0 Å². The lowest BCUT2D eigenvalue weighted by atomic mass is 10.0. The number of anilines is 1. The lowest BCUT2D eigenvalue weighted by Crippen LogP contribution is -2.34. The summed E-state index contributed by atoms with van der Waals surface area (Å²) < 4.78 is 35.2. The molecular formula is C23H33F2N5O2. The molecule has 9 heteroatoms. The fraction of sp³-hybridized carbons (Fsp3) is 0.652. The third kappa shape index (κ3) is 4.88. The number of aromatic nitrogens is 1. The summed E-state index contributed by atoms with van der Waals surface area (Å²) in [6.07, 6.45) is 7.04. The number of ether oxygens (including phenoxy) is 2. The van der Waals surface area contributed by atoms with E-state index in [2.05, 4.69) is 33.8 Å². The molecule has 0 bridgehead atoms. The molecule has 3 fully saturated rings. The fourth-order valence-corrected chi connectivity index (χ4v) is 5.45. The summed E-state index contributed by atoms with van der Waals surface area (Å²) in [4.78, 5) is 6.49. The van der Waals surface area contributed by atoms with Crippen LogP contribution in [0.3, 0.4) is 0 Å². The van der Waals surface area contributed by atoms with Gasteiger partial charge in [-0.1, -0.05) is 0 Å². The highest BCUT2D eigenvalue weighted by molar-refractivity contribution is 6.07. The van der Waals surface area contributed by atoms with Crippen molar-refractivity contribution in [2.75, 3.05) is 25.9 Å². The Hall–Kier alpha value is -2.26. The largest absolute Gasteiger partial charge is 0.431 e. The Bertz CT molecular complexity index is 866. The van der Waals surface area contributed by atoms with Crippen LogP contribution >= 0.6 is 0 Å². The first-order valence-corrected chi connectivity index (χ1v) is 11.3. The summed E-state index contributed by atoms with van der Waals surface area (Å²) in [6.45, 7) is 3.29. The summed E-state index contributed by atoms with van der Waals surface area (Å²) in [6, 6.07) is 2.20. The first kappa shape index (κ1) is 22.9. The topological polar surface area (TPSA) is 96.5 Å². The van der Waals surface area contributed by atoms with E-state index < -0.39 is 6.61 Å². The van der Waals surface area contributed by atoms with Crippen LogP contribution in [0, 0.1) is 23.2 Å². The maximum absolute atomic E-state index is 12.6. The number of pyridine rings is 1. The Morgan fingerprint density at radius 2 is 2.06 bits per heavy atom. The summed E-state index contributed by atoms with van der Waals surface area (Å²) in [5, 5.41) is 12.1. The van der Waals surface area contributed by atoms with Gasteiger partial charge in [-0.05, 0) is 57.1 Å². The zero-order valence-corrected chi connectivity index (χ0v) is 18.9. The number of methoxy groups -OCH3 is 1. The van der Waals surface area contributed by atoms with Crippen molar-refractivity contribution in [2.45, 2.75) is 57.9 Å². The number of hydrogen-bond donors (Lipinski definition) is 3. The van der Waals surface area contributed by atoms with Gasteiger partial charge < -0.3 is 25.9 Å². The van der Waals surface area contributed by atoms with E-state index in [0.29, 0.717) is 35.5 Å². The Morgan fingerprint density at radius 3 is 2.66 bits per heavy atom. The molecule has 0 radical (unpaired) electrons. The minimum atomic E-state index is -2.99. The van der Waals surface area contributed by atoms with Crippen LogP contribution in [0.2, 0.25) is 0 Å². The van der Waals surface area contributed by atoms with Crippen LogP contribution in [0.4, 0.5) is 14.6 Å². The molecule has 5 atom stereocenters. The zero-order valence-electron chi connectivity index (χ0n) is 18.9. The second-order valence-corrected chi connectivity index (χ2v) is 9.42. The van der Waals surface area contributed by atoms with Gasteiger partial charge in [-0.2, -0.15) is 8.78 Å². The fourth-order valence-electron chi connectivity index (χ4n) is 5.45. The molecular weight excluding hydrogens is 416 g/mol. The van der Waals surface area contributed by atoms with E-state index in [9.17, 15) is 8.78 Å². The number of likely N-dealkylation sites (tertiary alicyclic amines) is 1. The highest BCUT2D eigenvalue weighted by Gasteiger charge is 2.58. The van der Waals surface area contributed by atoms with Gasteiger partial charge >= 0.3 is 6.61 Å². The van der Waals surface area contributed by atoms with E-state index in [0.717, 1.165) is 25.2 Å². The van der Waals surface area contributed by atoms with Crippen molar-refractivity contribution >= 4 is 11.5 Å². The quantitative estimate of drug-likeness (QED) is 0.501. The zero-order chi connectivity index (χ0) is 23.0. The Labute approximate surface area is 187 Å². The van der Waals surface area contributed by atoms with Crippen LogP contribution in [0.1, 0.15) is 38.7 Å². The molecule has 32 heavy (non-hydrogen) atoms. The Kier molecular flexibility index (Phi) is 6.67. The van der Waals surface area contributed by atoms with E-state index in [1.165, 1.54) is 25.1 Å². The molecule has 0 amide bonds. The lowest BCUT2D eigenvalue weighted by Gasteiger charge is -2.27. The van der Waals surface area contributed by atoms with Crippen LogP contribution in [0.15, 0.2) is 24.0 Å². The van der Waals surface area contributed by atoms with Gasteiger partial charge in [0.25, 0.3) is 0 Å². The SMILES string of the molecule is CO[C@H]1CCN([C@H]2C[C@@H]3[C@H](C2)[C@H]3/C(=C/C(=N)c2cnc(N)c(OC(F)F)c2)NC(C)C)C1. The molecule has 2 heterocycles. The molecule has 176 valence electrons. The van der Waals surface area contributed by atoms with E-state index in [1.807, 2.05) is 6.08 Å². The summed E-state index contributed by atoms with van der Waals surface area (Å²) in [5.74, 6) is 1.32. The smallest absolute Gasteiger partial charge is 0.387 e. The van der Waals surface area contributed by atoms with E-state index in [1.54, 1.807) is 7.11 Å². The first-order chi connectivity index (χ1) is 15.3. The molecule has 3 aliphatic rings. The molecule has 4 rings (SSSR count). The van der Waals surface area contributed by atoms with Crippen LogP contribution in [-0.2, 0) is 4.74 Å². The van der Waals surface area contributed by atoms with E-state index in [4.69, 9.17) is 15.9 Å². The Balaban J connectivity index is 1.44. The monoisotopic (exact) mass is 449 g/mol. The van der Waals surface area contributed by atoms with Crippen molar-refractivity contribution < 1.29 is 18.3 Å². The maximum atomic E-state index is 12.6. The molecule has 7 nitrogen and oxygen atoms in total. The lowest BCUT2D eigenvalue weighted by molar-refractivity contribution is -0.0495. The predicted octanol–water partition coefficient (Wildman–Crippen LogP) is 3.26. The van der Waals surface area contributed by atoms with Crippen LogP contribution < -0.4 is 15.8 Å². The summed E-state index contributed by atoms with van der Waals surface area (Å²) in [5.41, 5.74) is 7.26. The second kappa shape index (κ2) is 9.31. The van der Waals surface area contributed by atoms with Gasteiger partial charge in [-0.25, -0.2) is 4.98 Å². The van der Waals surface area contributed by atoms with Crippen molar-refractivity contribution in [3.8, 4) is 5.75 Å². The minimum Gasteiger partial charge on any atom is -0.431 e. The molecule has 0 unspecified atom stereocenters. The third-order valence-corrected chi connectivity index (χ3v) is 6.97. The predicted molar refractivity (Wildman–Crippen MR) is 119 cm³/mol. The summed E-state index contributed by atoms with van der Waals surface area (Å²) >= 11 is 0. The van der Waals surface area contributed by atoms with Crippen molar-refractivity contribution in [3.05, 3.63) is 29.6 Å². The average Bonchev–Trinajstić information content (AvgIpc) is 3.09. The molecule has 0 spiro atoms. The number of rotatable bonds is 9. The highest BCUT2D eigenvalue weighted by Crippen LogP contribution is 2.61. The van der Waals surface area contributed by atoms with E-state index >= 15 is 0 Å². The molecule has 1 aliphatic heterocycles. The number of halogens is 2. The third-order valence-electron chi connectivity index (χ3n) is 6.97. The second-order valence-electron chi connectivity index (χ2n) is 9.42. The molecule has 1 saturated heterocycles. The van der Waals surface area contributed by atoms with Gasteiger partial charge in [0.15, 0.2) is 11.6 Å². The van der Waals surface area contributed by atoms with Crippen molar-refractivity contribution in [1.29, 1.82) is 5.41 Å². The normalized spacial score (nSPS) is 30.1. The molecule has 2 aliphatic carbocycles. The minimum absolute atomic E-state index is 0.119. The molecule has 1 aromatic heterocycles. The number of nitrogens with one attached hydrogen (secondary N) is 2. The number of alkyl halides is 2. The van der Waals surface area contributed by atoms with Crippen molar-refractivity contribution in [3.63, 3.8) is 0 Å². The standard InChI is InChI=1S/C23H33F2N5O2/c1-12(2)29-19(9-18(26)13-6-20(32-23(24)25)22(27)28-10-13)21-16-7-14(8-17(16)21)30-5-4-15(11-30)31-3/h6,9-10,12,14-17,21,23,26,29H,4-5,7-8,11H2,1-3H3,(H2,27,28)/b19-9-,26-18?/t14-,15-,16+,17-,21-/m0/s1. The number of hydrogen-bond acceptors (Lipinski definition) is 7.